The Bertz CT molecular complexity index is 764. The number of amides is 1. The van der Waals surface area contributed by atoms with Gasteiger partial charge in [-0.25, -0.2) is 0 Å². The highest BCUT2D eigenvalue weighted by molar-refractivity contribution is 6.25. The number of anilines is 1. The number of carbonyl (C=O) groups is 1. The normalized spacial score (nSPS) is 13.3. The molecule has 3 N–H and O–H groups in total. The minimum atomic E-state index is -0.385. The van der Waals surface area contributed by atoms with Crippen LogP contribution in [-0.4, -0.2) is 35.4 Å². The van der Waals surface area contributed by atoms with E-state index < -0.39 is 0 Å². The minimum absolute atomic E-state index is 0. The summed E-state index contributed by atoms with van der Waals surface area (Å²) in [4.78, 5) is 16.0. The molecule has 0 spiro atoms. The number of pyridine rings is 1. The van der Waals surface area contributed by atoms with E-state index in [2.05, 4.69) is 27.9 Å². The van der Waals surface area contributed by atoms with Gasteiger partial charge in [-0.15, -0.1) is 12.4 Å². The van der Waals surface area contributed by atoms with Crippen LogP contribution in [0.2, 0.25) is 0 Å². The number of rotatable bonds is 6. The fourth-order valence-electron chi connectivity index (χ4n) is 3.19. The summed E-state index contributed by atoms with van der Waals surface area (Å²) in [6.07, 6.45) is 6.18. The molecule has 0 fully saturated rings. The largest absolute Gasteiger partial charge is 0.411 e. The number of hydrogen-bond acceptors (Lipinski definition) is 5. The Kier molecular flexibility index (Phi) is 7.01. The number of aryl methyl sites for hydroxylation is 1. The summed E-state index contributed by atoms with van der Waals surface area (Å²) >= 11 is 0. The van der Waals surface area contributed by atoms with Crippen LogP contribution in [0.1, 0.15) is 30.5 Å². The van der Waals surface area contributed by atoms with E-state index in [4.69, 9.17) is 10.2 Å². The van der Waals surface area contributed by atoms with E-state index in [1.165, 1.54) is 29.8 Å². The maximum Gasteiger partial charge on any atom is 0.265 e. The number of nitrogens with zero attached hydrogens (tertiary/aromatic N) is 2. The lowest BCUT2D eigenvalue weighted by atomic mass is 9.92. The maximum atomic E-state index is 11.2. The Balaban J connectivity index is 0.00000225. The van der Waals surface area contributed by atoms with Crippen molar-refractivity contribution in [2.24, 2.45) is 5.16 Å². The smallest absolute Gasteiger partial charge is 0.265 e. The Hall–Kier alpha value is -2.34. The first-order chi connectivity index (χ1) is 11.8. The summed E-state index contributed by atoms with van der Waals surface area (Å²) < 4.78 is 0. The molecule has 0 radical (unpaired) electrons. The molecular formula is C18H23ClN4O2. The number of halogens is 1. The van der Waals surface area contributed by atoms with E-state index >= 15 is 0 Å². The predicted molar refractivity (Wildman–Crippen MR) is 102 cm³/mol. The van der Waals surface area contributed by atoms with Crippen molar-refractivity contribution in [2.75, 3.05) is 18.4 Å². The topological polar surface area (TPSA) is 86.6 Å². The van der Waals surface area contributed by atoms with Crippen LogP contribution in [0.25, 0.3) is 10.9 Å². The van der Waals surface area contributed by atoms with Gasteiger partial charge >= 0.3 is 0 Å². The average Bonchev–Trinajstić information content (AvgIpc) is 2.61. The zero-order valence-electron chi connectivity index (χ0n) is 14.0. The van der Waals surface area contributed by atoms with Gasteiger partial charge in [0, 0.05) is 29.9 Å². The summed E-state index contributed by atoms with van der Waals surface area (Å²) in [6, 6.07) is 8.23. The highest BCUT2D eigenvalue weighted by Gasteiger charge is 2.17. The summed E-state index contributed by atoms with van der Waals surface area (Å²) in [5.74, 6) is -0.385. The average molecular weight is 363 g/mol. The first-order valence-corrected chi connectivity index (χ1v) is 8.39. The van der Waals surface area contributed by atoms with Crippen molar-refractivity contribution in [3.63, 3.8) is 0 Å². The third-order valence-electron chi connectivity index (χ3n) is 4.30. The van der Waals surface area contributed by atoms with Gasteiger partial charge in [-0.3, -0.25) is 9.78 Å². The second kappa shape index (κ2) is 9.22. The first kappa shape index (κ1) is 19.0. The molecule has 0 saturated heterocycles. The highest BCUT2D eigenvalue weighted by Crippen LogP contribution is 2.33. The molecule has 1 aromatic carbocycles. The molecule has 0 unspecified atom stereocenters. The van der Waals surface area contributed by atoms with Gasteiger partial charge in [-0.05, 0) is 43.7 Å². The number of benzene rings is 1. The van der Waals surface area contributed by atoms with Crippen molar-refractivity contribution in [3.8, 4) is 0 Å². The zero-order valence-corrected chi connectivity index (χ0v) is 14.8. The van der Waals surface area contributed by atoms with Gasteiger partial charge in [0.05, 0.1) is 5.52 Å². The molecule has 7 heteroatoms. The van der Waals surface area contributed by atoms with E-state index in [1.54, 1.807) is 0 Å². The van der Waals surface area contributed by atoms with Crippen LogP contribution in [0.5, 0.6) is 0 Å². The van der Waals surface area contributed by atoms with Crippen LogP contribution in [-0.2, 0) is 17.6 Å². The fourth-order valence-corrected chi connectivity index (χ4v) is 3.19. The van der Waals surface area contributed by atoms with Gasteiger partial charge < -0.3 is 15.8 Å². The molecule has 0 atom stereocenters. The number of nitrogens with one attached hydrogen (secondary N) is 2. The summed E-state index contributed by atoms with van der Waals surface area (Å²) in [5.41, 5.74) is 4.79. The Morgan fingerprint density at radius 1 is 1.24 bits per heavy atom. The van der Waals surface area contributed by atoms with Gasteiger partial charge in [0.1, 0.15) is 6.21 Å². The number of para-hydroxylation sites is 1. The number of fused-ring (bicyclic) bond motifs is 2. The number of aromatic nitrogens is 1. The van der Waals surface area contributed by atoms with Crippen molar-refractivity contribution in [2.45, 2.75) is 32.1 Å². The van der Waals surface area contributed by atoms with E-state index in [-0.39, 0.29) is 18.3 Å². The fraction of sp³-hybridized carbons (Fsp3) is 0.389. The van der Waals surface area contributed by atoms with Crippen molar-refractivity contribution in [3.05, 3.63) is 35.5 Å². The van der Waals surface area contributed by atoms with Crippen molar-refractivity contribution in [1.29, 1.82) is 0 Å². The van der Waals surface area contributed by atoms with Gasteiger partial charge in [-0.2, -0.15) is 0 Å². The minimum Gasteiger partial charge on any atom is -0.411 e. The van der Waals surface area contributed by atoms with Crippen molar-refractivity contribution < 1.29 is 10.0 Å². The van der Waals surface area contributed by atoms with Crippen LogP contribution >= 0.6 is 12.4 Å². The van der Waals surface area contributed by atoms with Crippen LogP contribution < -0.4 is 10.6 Å². The van der Waals surface area contributed by atoms with E-state index in [0.717, 1.165) is 42.9 Å². The molecule has 3 rings (SSSR count). The van der Waals surface area contributed by atoms with Gasteiger partial charge in [0.2, 0.25) is 0 Å². The number of carbonyl (C=O) groups excluding carboxylic acids is 1. The standard InChI is InChI=1S/C18H22N4O2.ClH/c23-17(12-21-24)19-10-5-11-20-18-13-6-1-3-8-15(13)22-16-9-4-2-7-14(16)18;/h1,3,6,8,12,24H,2,4-5,7,9-11H2,(H,19,23)(H,20,22);1H/b21-12+;. The van der Waals surface area contributed by atoms with Crippen molar-refractivity contribution in [1.82, 2.24) is 10.3 Å². The molecule has 1 aliphatic rings. The predicted octanol–water partition coefficient (Wildman–Crippen LogP) is 2.91. The lowest BCUT2D eigenvalue weighted by molar-refractivity contribution is -0.114. The maximum absolute atomic E-state index is 11.2. The Morgan fingerprint density at radius 2 is 2.04 bits per heavy atom. The number of hydrogen-bond donors (Lipinski definition) is 3. The molecule has 1 aromatic heterocycles. The lowest BCUT2D eigenvalue weighted by Gasteiger charge is -2.21. The summed E-state index contributed by atoms with van der Waals surface area (Å²) in [5, 5.41) is 18.4. The van der Waals surface area contributed by atoms with Crippen LogP contribution in [0, 0.1) is 0 Å². The molecule has 1 amide bonds. The lowest BCUT2D eigenvalue weighted by Crippen LogP contribution is -2.26. The SMILES string of the molecule is Cl.O=C(/C=N/O)NCCCNc1c2c(nc3ccccc13)CCCC2. The van der Waals surface area contributed by atoms with Crippen LogP contribution in [0.4, 0.5) is 5.69 Å². The van der Waals surface area contributed by atoms with Crippen molar-refractivity contribution >= 4 is 41.1 Å². The van der Waals surface area contributed by atoms with E-state index in [0.29, 0.717) is 6.54 Å². The van der Waals surface area contributed by atoms with E-state index in [1.807, 2.05) is 12.1 Å². The third-order valence-corrected chi connectivity index (χ3v) is 4.30. The van der Waals surface area contributed by atoms with Crippen LogP contribution in [0.15, 0.2) is 29.4 Å². The first-order valence-electron chi connectivity index (χ1n) is 8.39. The molecule has 25 heavy (non-hydrogen) atoms. The quantitative estimate of drug-likeness (QED) is 0.319. The van der Waals surface area contributed by atoms with Gasteiger partial charge in [0.15, 0.2) is 0 Å². The molecule has 2 aromatic rings. The molecule has 1 aliphatic carbocycles. The molecule has 1 heterocycles. The second-order valence-electron chi connectivity index (χ2n) is 5.95. The molecule has 0 bridgehead atoms. The molecular weight excluding hydrogens is 340 g/mol. The zero-order chi connectivity index (χ0) is 16.8. The number of oxime groups is 1. The highest BCUT2D eigenvalue weighted by atomic mass is 35.5. The van der Waals surface area contributed by atoms with Crippen LogP contribution in [0.3, 0.4) is 0 Å². The third kappa shape index (κ3) is 4.60. The molecule has 0 aliphatic heterocycles. The molecule has 0 saturated carbocycles. The van der Waals surface area contributed by atoms with Gasteiger partial charge in [0.25, 0.3) is 5.91 Å². The Morgan fingerprint density at radius 3 is 2.88 bits per heavy atom. The molecule has 134 valence electrons. The molecule has 6 nitrogen and oxygen atoms in total. The van der Waals surface area contributed by atoms with E-state index in [9.17, 15) is 4.79 Å². The van der Waals surface area contributed by atoms with Gasteiger partial charge in [-0.1, -0.05) is 23.4 Å². The Labute approximate surface area is 153 Å². The summed E-state index contributed by atoms with van der Waals surface area (Å²) in [7, 11) is 0. The monoisotopic (exact) mass is 362 g/mol. The summed E-state index contributed by atoms with van der Waals surface area (Å²) in [6.45, 7) is 1.29. The second-order valence-corrected chi connectivity index (χ2v) is 5.95.